The Kier molecular flexibility index (Phi) is 6.67. The van der Waals surface area contributed by atoms with Gasteiger partial charge in [-0.1, -0.05) is 60.7 Å². The molecule has 1 aliphatic rings. The molecule has 0 radical (unpaired) electrons. The van der Waals surface area contributed by atoms with E-state index in [4.69, 9.17) is 5.11 Å². The van der Waals surface area contributed by atoms with Crippen molar-refractivity contribution in [2.75, 3.05) is 0 Å². The van der Waals surface area contributed by atoms with Crippen LogP contribution in [0.3, 0.4) is 0 Å². The van der Waals surface area contributed by atoms with Gasteiger partial charge in [-0.15, -0.1) is 0 Å². The number of allylic oxidation sites excluding steroid dienone is 2. The van der Waals surface area contributed by atoms with Crippen LogP contribution in [0.1, 0.15) is 36.8 Å². The minimum Gasteiger partial charge on any atom is -0.481 e. The second-order valence-electron chi connectivity index (χ2n) is 7.11. The number of hydrogen-bond donors (Lipinski definition) is 1. The maximum atomic E-state index is 15.2. The van der Waals surface area contributed by atoms with Gasteiger partial charge < -0.3 is 5.11 Å². The summed E-state index contributed by atoms with van der Waals surface area (Å²) in [6.07, 6.45) is -1.01. The lowest BCUT2D eigenvalue weighted by Gasteiger charge is -2.25. The lowest BCUT2D eigenvalue weighted by molar-refractivity contribution is -0.139. The van der Waals surface area contributed by atoms with Crippen molar-refractivity contribution in [1.29, 1.82) is 0 Å². The summed E-state index contributed by atoms with van der Waals surface area (Å²) in [6, 6.07) is 15.8. The summed E-state index contributed by atoms with van der Waals surface area (Å²) in [7, 11) is 0. The molecule has 6 heteroatoms. The first-order chi connectivity index (χ1) is 14.4. The number of benzene rings is 2. The maximum absolute atomic E-state index is 15.2. The Morgan fingerprint density at radius 1 is 0.800 bits per heavy atom. The summed E-state index contributed by atoms with van der Waals surface area (Å²) < 4.78 is 30.3. The van der Waals surface area contributed by atoms with Gasteiger partial charge in [-0.25, -0.2) is 8.78 Å². The molecule has 0 aliphatic heterocycles. The van der Waals surface area contributed by atoms with Gasteiger partial charge in [0.25, 0.3) is 0 Å². The predicted molar refractivity (Wildman–Crippen MR) is 109 cm³/mol. The van der Waals surface area contributed by atoms with Crippen molar-refractivity contribution >= 4 is 29.2 Å². The van der Waals surface area contributed by atoms with Crippen LogP contribution in [0.2, 0.25) is 0 Å². The van der Waals surface area contributed by atoms with E-state index in [2.05, 4.69) is 0 Å². The number of halogens is 2. The Morgan fingerprint density at radius 3 is 1.63 bits per heavy atom. The first-order valence-corrected chi connectivity index (χ1v) is 9.55. The summed E-state index contributed by atoms with van der Waals surface area (Å²) in [5, 5.41) is 8.84. The smallest absolute Gasteiger partial charge is 0.303 e. The van der Waals surface area contributed by atoms with Crippen molar-refractivity contribution in [3.63, 3.8) is 0 Å². The molecule has 1 saturated carbocycles. The fraction of sp³-hybridized carbons (Fsp3) is 0.208. The van der Waals surface area contributed by atoms with Crippen LogP contribution >= 0.6 is 0 Å². The van der Waals surface area contributed by atoms with Gasteiger partial charge in [0.1, 0.15) is 17.4 Å². The Balaban J connectivity index is 2.06. The summed E-state index contributed by atoms with van der Waals surface area (Å²) >= 11 is 0. The molecule has 154 valence electrons. The van der Waals surface area contributed by atoms with Gasteiger partial charge in [0.05, 0.1) is 6.42 Å². The largest absolute Gasteiger partial charge is 0.481 e. The van der Waals surface area contributed by atoms with Crippen molar-refractivity contribution in [3.8, 4) is 0 Å². The average Bonchev–Trinajstić information content (AvgIpc) is 2.77. The van der Waals surface area contributed by atoms with Crippen LogP contribution in [0.5, 0.6) is 0 Å². The molecule has 1 fully saturated rings. The Hall–Kier alpha value is -3.41. The third-order valence-electron chi connectivity index (χ3n) is 5.07. The van der Waals surface area contributed by atoms with Crippen molar-refractivity contribution < 1.29 is 28.3 Å². The highest BCUT2D eigenvalue weighted by Gasteiger charge is 2.36. The minimum absolute atomic E-state index is 0.166. The van der Waals surface area contributed by atoms with E-state index in [0.29, 0.717) is 0 Å². The molecule has 0 saturated heterocycles. The van der Waals surface area contributed by atoms with E-state index in [0.717, 1.165) is 0 Å². The third kappa shape index (κ3) is 4.76. The van der Waals surface area contributed by atoms with Crippen LogP contribution in [0.25, 0.3) is 11.7 Å². The average molecular weight is 410 g/mol. The number of Topliss-reactive ketones (excluding diaryl/α,β-unsaturated/α-hetero) is 2. The first kappa shape index (κ1) is 21.3. The molecule has 4 nitrogen and oxygen atoms in total. The van der Waals surface area contributed by atoms with E-state index in [1.807, 2.05) is 0 Å². The third-order valence-corrected chi connectivity index (χ3v) is 5.07. The first-order valence-electron chi connectivity index (χ1n) is 9.55. The predicted octanol–water partition coefficient (Wildman–Crippen LogP) is 5.16. The van der Waals surface area contributed by atoms with Gasteiger partial charge in [0, 0.05) is 34.6 Å². The molecular weight excluding hydrogens is 390 g/mol. The summed E-state index contributed by atoms with van der Waals surface area (Å²) in [5.74, 6) is -4.78. The van der Waals surface area contributed by atoms with Crippen molar-refractivity contribution in [3.05, 3.63) is 82.9 Å². The molecule has 1 N–H and O–H groups in total. The maximum Gasteiger partial charge on any atom is 0.303 e. The quantitative estimate of drug-likeness (QED) is 0.668. The number of aliphatic carboxylic acids is 1. The van der Waals surface area contributed by atoms with E-state index in [1.54, 1.807) is 36.4 Å². The minimum atomic E-state index is -1.13. The highest BCUT2D eigenvalue weighted by atomic mass is 19.1. The molecule has 30 heavy (non-hydrogen) atoms. The Labute approximate surface area is 172 Å². The van der Waals surface area contributed by atoms with Crippen molar-refractivity contribution in [2.24, 2.45) is 5.92 Å². The van der Waals surface area contributed by atoms with E-state index >= 15 is 8.78 Å². The van der Waals surface area contributed by atoms with Crippen LogP contribution in [0.15, 0.2) is 71.8 Å². The van der Waals surface area contributed by atoms with E-state index < -0.39 is 35.1 Å². The number of carbonyl (C=O) groups excluding carboxylic acids is 2. The summed E-state index contributed by atoms with van der Waals surface area (Å²) in [6.45, 7) is 0. The number of carboxylic acid groups (broad SMARTS) is 1. The number of hydrogen-bond acceptors (Lipinski definition) is 3. The van der Waals surface area contributed by atoms with Crippen LogP contribution in [0.4, 0.5) is 8.78 Å². The standard InChI is InChI=1S/C24H20F2O4/c25-22(15-7-3-1-4-8-15)18-13-17(20(27)11-12-21(28)29)14-19(24(18)30)23(26)16-9-5-2-6-10-16/h1-10,17H,11-14H2,(H,28,29). The van der Waals surface area contributed by atoms with E-state index in [1.165, 1.54) is 24.3 Å². The number of carbonyl (C=O) groups is 3. The van der Waals surface area contributed by atoms with Gasteiger partial charge in [-0.3, -0.25) is 14.4 Å². The highest BCUT2D eigenvalue weighted by molar-refractivity contribution is 6.17. The van der Waals surface area contributed by atoms with Crippen LogP contribution in [0, 0.1) is 5.92 Å². The zero-order chi connectivity index (χ0) is 21.7. The Morgan fingerprint density at radius 2 is 1.23 bits per heavy atom. The van der Waals surface area contributed by atoms with Gasteiger partial charge >= 0.3 is 5.97 Å². The number of ketones is 2. The molecule has 0 amide bonds. The molecular formula is C24H20F2O4. The molecule has 0 heterocycles. The van der Waals surface area contributed by atoms with Gasteiger partial charge in [-0.2, -0.15) is 0 Å². The molecule has 2 aromatic rings. The number of carboxylic acids is 1. The van der Waals surface area contributed by atoms with Gasteiger partial charge in [0.2, 0.25) is 0 Å². The van der Waals surface area contributed by atoms with Crippen LogP contribution in [-0.4, -0.2) is 22.6 Å². The molecule has 1 aliphatic carbocycles. The molecule has 0 spiro atoms. The second kappa shape index (κ2) is 9.39. The van der Waals surface area contributed by atoms with Crippen LogP contribution < -0.4 is 0 Å². The summed E-state index contributed by atoms with van der Waals surface area (Å²) in [5.41, 5.74) is -0.192. The normalized spacial score (nSPS) is 19.9. The lowest BCUT2D eigenvalue weighted by atomic mass is 9.76. The summed E-state index contributed by atoms with van der Waals surface area (Å²) in [4.78, 5) is 36.4. The molecule has 0 aromatic heterocycles. The highest BCUT2D eigenvalue weighted by Crippen LogP contribution is 2.39. The molecule has 0 bridgehead atoms. The number of rotatable bonds is 6. The van der Waals surface area contributed by atoms with E-state index in [-0.39, 0.29) is 48.0 Å². The SMILES string of the molecule is O=C(O)CCC(=O)C1CC(=C(F)c2ccccc2)C(=O)C(=C(F)c2ccccc2)C1. The van der Waals surface area contributed by atoms with Gasteiger partial charge in [-0.05, 0) is 12.8 Å². The van der Waals surface area contributed by atoms with Gasteiger partial charge in [0.15, 0.2) is 5.78 Å². The zero-order valence-electron chi connectivity index (χ0n) is 16.1. The fourth-order valence-corrected chi connectivity index (χ4v) is 3.49. The molecule has 0 unspecified atom stereocenters. The Bertz CT molecular complexity index is 956. The zero-order valence-corrected chi connectivity index (χ0v) is 16.1. The second-order valence-corrected chi connectivity index (χ2v) is 7.11. The van der Waals surface area contributed by atoms with Crippen molar-refractivity contribution in [1.82, 2.24) is 0 Å². The van der Waals surface area contributed by atoms with Crippen molar-refractivity contribution in [2.45, 2.75) is 25.7 Å². The molecule has 2 aromatic carbocycles. The monoisotopic (exact) mass is 410 g/mol. The van der Waals surface area contributed by atoms with Crippen LogP contribution in [-0.2, 0) is 14.4 Å². The fourth-order valence-electron chi connectivity index (χ4n) is 3.49. The lowest BCUT2D eigenvalue weighted by Crippen LogP contribution is -2.27. The van der Waals surface area contributed by atoms with E-state index in [9.17, 15) is 14.4 Å². The molecule has 0 atom stereocenters. The molecule has 3 rings (SSSR count). The topological polar surface area (TPSA) is 71.4 Å².